The van der Waals surface area contributed by atoms with E-state index in [1.165, 1.54) is 0 Å². The van der Waals surface area contributed by atoms with Crippen molar-refractivity contribution >= 4 is 5.70 Å². The van der Waals surface area contributed by atoms with Gasteiger partial charge in [-0.15, -0.1) is 0 Å². The molecule has 0 aromatic heterocycles. The minimum absolute atomic E-state index is 0.151. The van der Waals surface area contributed by atoms with Gasteiger partial charge in [-0.05, 0) is 42.9 Å². The average Bonchev–Trinajstić information content (AvgIpc) is 3.27. The zero-order chi connectivity index (χ0) is 17.6. The van der Waals surface area contributed by atoms with E-state index in [1.807, 2.05) is 6.20 Å². The van der Waals surface area contributed by atoms with Gasteiger partial charge in [-0.2, -0.15) is 0 Å². The summed E-state index contributed by atoms with van der Waals surface area (Å²) in [4.78, 5) is 2.22. The molecule has 3 nitrogen and oxygen atoms in total. The van der Waals surface area contributed by atoms with E-state index in [1.54, 1.807) is 13.0 Å². The summed E-state index contributed by atoms with van der Waals surface area (Å²) in [5, 5.41) is 0. The molecule has 132 valence electrons. The van der Waals surface area contributed by atoms with Crippen LogP contribution in [0.2, 0.25) is 0 Å². The van der Waals surface area contributed by atoms with Crippen LogP contribution in [0, 0.1) is 30.4 Å². The SMILES string of the molecule is CCC1CC(CC)C2C(C1N)N2/C=C(\N)c1cc(C)c(F)c(F)c1. The molecular weight excluding hydrogens is 308 g/mol. The van der Waals surface area contributed by atoms with Crippen LogP contribution in [0.25, 0.3) is 5.70 Å². The van der Waals surface area contributed by atoms with Gasteiger partial charge in [-0.3, -0.25) is 0 Å². The van der Waals surface area contributed by atoms with Crippen LogP contribution in [0.4, 0.5) is 8.78 Å². The predicted octanol–water partition coefficient (Wildman–Crippen LogP) is 3.37. The molecule has 0 spiro atoms. The van der Waals surface area contributed by atoms with Gasteiger partial charge in [-0.1, -0.05) is 26.7 Å². The summed E-state index contributed by atoms with van der Waals surface area (Å²) in [5.41, 5.74) is 13.9. The fourth-order valence-electron chi connectivity index (χ4n) is 4.35. The number of nitrogens with two attached hydrogens (primary N) is 2. The molecule has 1 aromatic carbocycles. The molecule has 1 aromatic rings. The molecule has 0 bridgehead atoms. The zero-order valence-corrected chi connectivity index (χ0v) is 14.6. The zero-order valence-electron chi connectivity index (χ0n) is 14.6. The molecule has 2 fully saturated rings. The number of hydrogen-bond donors (Lipinski definition) is 2. The maximum absolute atomic E-state index is 13.6. The van der Waals surface area contributed by atoms with Crippen LogP contribution in [0.3, 0.4) is 0 Å². The van der Waals surface area contributed by atoms with Crippen molar-refractivity contribution in [3.05, 3.63) is 41.1 Å². The lowest BCUT2D eigenvalue weighted by Gasteiger charge is -2.30. The lowest BCUT2D eigenvalue weighted by atomic mass is 9.76. The Hall–Kier alpha value is -1.62. The molecule has 1 heterocycles. The third-order valence-electron chi connectivity index (χ3n) is 5.86. The summed E-state index contributed by atoms with van der Waals surface area (Å²) >= 11 is 0. The van der Waals surface area contributed by atoms with Crippen LogP contribution in [0.5, 0.6) is 0 Å². The minimum atomic E-state index is -0.862. The molecular formula is C19H27F2N3. The first-order chi connectivity index (χ1) is 11.4. The van der Waals surface area contributed by atoms with E-state index in [0.29, 0.717) is 35.2 Å². The summed E-state index contributed by atoms with van der Waals surface area (Å²) in [6, 6.07) is 3.64. The summed E-state index contributed by atoms with van der Waals surface area (Å²) in [6.45, 7) is 5.95. The summed E-state index contributed by atoms with van der Waals surface area (Å²) in [5.74, 6) is -0.513. The van der Waals surface area contributed by atoms with Crippen molar-refractivity contribution in [2.45, 2.75) is 58.2 Å². The number of benzene rings is 1. The molecule has 4 N–H and O–H groups in total. The lowest BCUT2D eigenvalue weighted by molar-refractivity contribution is 0.260. The molecule has 0 radical (unpaired) electrons. The highest BCUT2D eigenvalue weighted by Crippen LogP contribution is 2.48. The van der Waals surface area contributed by atoms with E-state index in [9.17, 15) is 8.78 Å². The average molecular weight is 335 g/mol. The van der Waals surface area contributed by atoms with E-state index < -0.39 is 11.6 Å². The van der Waals surface area contributed by atoms with Crippen molar-refractivity contribution < 1.29 is 8.78 Å². The molecule has 1 aliphatic heterocycles. The molecule has 2 aliphatic rings. The highest BCUT2D eigenvalue weighted by molar-refractivity contribution is 5.63. The Kier molecular flexibility index (Phi) is 4.56. The third kappa shape index (κ3) is 2.79. The number of likely N-dealkylation sites (tertiary alicyclic amines) is 1. The number of rotatable bonds is 4. The second-order valence-electron chi connectivity index (χ2n) is 7.25. The Morgan fingerprint density at radius 2 is 1.88 bits per heavy atom. The Balaban J connectivity index is 1.84. The molecule has 24 heavy (non-hydrogen) atoms. The van der Waals surface area contributed by atoms with E-state index in [2.05, 4.69) is 18.7 Å². The van der Waals surface area contributed by atoms with Crippen molar-refractivity contribution in [1.29, 1.82) is 0 Å². The van der Waals surface area contributed by atoms with Gasteiger partial charge in [0.25, 0.3) is 0 Å². The van der Waals surface area contributed by atoms with Gasteiger partial charge in [-0.25, -0.2) is 8.78 Å². The van der Waals surface area contributed by atoms with Gasteiger partial charge < -0.3 is 16.4 Å². The largest absolute Gasteiger partial charge is 0.397 e. The second kappa shape index (κ2) is 6.36. The van der Waals surface area contributed by atoms with E-state index in [4.69, 9.17) is 11.5 Å². The molecule has 5 unspecified atom stereocenters. The van der Waals surface area contributed by atoms with E-state index in [-0.39, 0.29) is 11.6 Å². The number of aryl methyl sites for hydroxylation is 1. The Morgan fingerprint density at radius 3 is 2.46 bits per heavy atom. The Bertz CT molecular complexity index is 635. The van der Waals surface area contributed by atoms with E-state index >= 15 is 0 Å². The van der Waals surface area contributed by atoms with Crippen molar-refractivity contribution in [3.63, 3.8) is 0 Å². The molecule has 0 amide bonds. The lowest BCUT2D eigenvalue weighted by Crippen LogP contribution is -2.42. The van der Waals surface area contributed by atoms with Crippen molar-refractivity contribution in [1.82, 2.24) is 4.90 Å². The molecule has 5 atom stereocenters. The van der Waals surface area contributed by atoms with Crippen molar-refractivity contribution in [3.8, 4) is 0 Å². The minimum Gasteiger partial charge on any atom is -0.397 e. The topological polar surface area (TPSA) is 55.0 Å². The fourth-order valence-corrected chi connectivity index (χ4v) is 4.35. The number of halogens is 2. The maximum atomic E-state index is 13.6. The predicted molar refractivity (Wildman–Crippen MR) is 92.8 cm³/mol. The van der Waals surface area contributed by atoms with Crippen LogP contribution >= 0.6 is 0 Å². The van der Waals surface area contributed by atoms with Gasteiger partial charge in [0.2, 0.25) is 0 Å². The van der Waals surface area contributed by atoms with Gasteiger partial charge in [0.15, 0.2) is 11.6 Å². The van der Waals surface area contributed by atoms with Gasteiger partial charge in [0.1, 0.15) is 0 Å². The van der Waals surface area contributed by atoms with E-state index in [0.717, 1.165) is 25.3 Å². The first-order valence-electron chi connectivity index (χ1n) is 8.85. The van der Waals surface area contributed by atoms with Crippen molar-refractivity contribution in [2.75, 3.05) is 0 Å². The molecule has 1 saturated heterocycles. The first-order valence-corrected chi connectivity index (χ1v) is 8.85. The number of fused-ring (bicyclic) bond motifs is 1. The van der Waals surface area contributed by atoms with Crippen LogP contribution in [0.1, 0.15) is 44.2 Å². The van der Waals surface area contributed by atoms with Crippen LogP contribution in [-0.4, -0.2) is 23.0 Å². The highest BCUT2D eigenvalue weighted by atomic mass is 19.2. The summed E-state index contributed by atoms with van der Waals surface area (Å²) in [6.07, 6.45) is 5.25. The molecule has 1 aliphatic carbocycles. The quantitative estimate of drug-likeness (QED) is 0.830. The molecule has 1 saturated carbocycles. The van der Waals surface area contributed by atoms with Crippen LogP contribution in [0.15, 0.2) is 18.3 Å². The Labute approximate surface area is 142 Å². The second-order valence-corrected chi connectivity index (χ2v) is 7.25. The van der Waals surface area contributed by atoms with Crippen LogP contribution < -0.4 is 11.5 Å². The molecule has 3 rings (SSSR count). The van der Waals surface area contributed by atoms with Gasteiger partial charge in [0, 0.05) is 17.8 Å². The number of nitrogens with zero attached hydrogens (tertiary/aromatic N) is 1. The smallest absolute Gasteiger partial charge is 0.161 e. The first kappa shape index (κ1) is 17.2. The van der Waals surface area contributed by atoms with Crippen LogP contribution in [-0.2, 0) is 0 Å². The number of hydrogen-bond acceptors (Lipinski definition) is 3. The Morgan fingerprint density at radius 1 is 1.21 bits per heavy atom. The normalized spacial score (nSPS) is 32.7. The third-order valence-corrected chi connectivity index (χ3v) is 5.86. The van der Waals surface area contributed by atoms with Crippen molar-refractivity contribution in [2.24, 2.45) is 23.3 Å². The standard InChI is InChI=1S/C19H27F2N3/c1-4-11-7-12(5-2)18-19(17(11)23)24(18)9-15(22)13-6-10(3)16(21)14(20)8-13/h6,8-9,11-12,17-19H,4-5,7,22-23H2,1-3H3/b15-9-. The van der Waals surface area contributed by atoms with Gasteiger partial charge >= 0.3 is 0 Å². The summed E-state index contributed by atoms with van der Waals surface area (Å²) < 4.78 is 27.1. The van der Waals surface area contributed by atoms with Gasteiger partial charge in [0.05, 0.1) is 17.8 Å². The summed E-state index contributed by atoms with van der Waals surface area (Å²) in [7, 11) is 0. The maximum Gasteiger partial charge on any atom is 0.161 e. The fraction of sp³-hybridized carbons (Fsp3) is 0.579. The highest BCUT2D eigenvalue weighted by Gasteiger charge is 2.57. The monoisotopic (exact) mass is 335 g/mol. The molecule has 5 heteroatoms.